The Hall–Kier alpha value is -1.80. The monoisotopic (exact) mass is 282 g/mol. The Balaban J connectivity index is 1.96. The number of anilines is 1. The van der Waals surface area contributed by atoms with Crippen LogP contribution in [0.15, 0.2) is 54.6 Å². The number of nitrogens with one attached hydrogen (secondary N) is 1. The zero-order valence-corrected chi connectivity index (χ0v) is 13.2. The first kappa shape index (κ1) is 15.6. The summed E-state index contributed by atoms with van der Waals surface area (Å²) in [4.78, 5) is 2.36. The Morgan fingerprint density at radius 1 is 0.952 bits per heavy atom. The lowest BCUT2D eigenvalue weighted by Crippen LogP contribution is -2.23. The van der Waals surface area contributed by atoms with Crippen molar-refractivity contribution in [2.24, 2.45) is 0 Å². The summed E-state index contributed by atoms with van der Waals surface area (Å²) in [6.07, 6.45) is 2.25. The van der Waals surface area contributed by atoms with Crippen molar-refractivity contribution in [1.82, 2.24) is 5.32 Å². The first-order valence-electron chi connectivity index (χ1n) is 7.85. The number of rotatable bonds is 8. The molecule has 0 fully saturated rings. The van der Waals surface area contributed by atoms with E-state index in [0.29, 0.717) is 0 Å². The highest BCUT2D eigenvalue weighted by atomic mass is 15.1. The van der Waals surface area contributed by atoms with E-state index < -0.39 is 0 Å². The third-order valence-electron chi connectivity index (χ3n) is 3.72. The van der Waals surface area contributed by atoms with Crippen LogP contribution in [0.5, 0.6) is 0 Å². The molecule has 2 nitrogen and oxygen atoms in total. The van der Waals surface area contributed by atoms with Crippen molar-refractivity contribution in [1.29, 1.82) is 0 Å². The van der Waals surface area contributed by atoms with Crippen LogP contribution in [0.4, 0.5) is 5.69 Å². The molecule has 0 aliphatic carbocycles. The molecule has 0 aromatic heterocycles. The second kappa shape index (κ2) is 8.48. The molecule has 0 atom stereocenters. The fourth-order valence-electron chi connectivity index (χ4n) is 2.49. The second-order valence-corrected chi connectivity index (χ2v) is 5.46. The smallest absolute Gasteiger partial charge is 0.0409 e. The zero-order chi connectivity index (χ0) is 14.9. The predicted octanol–water partition coefficient (Wildman–Crippen LogP) is 3.87. The number of nitrogens with zero attached hydrogens (tertiary/aromatic N) is 1. The lowest BCUT2D eigenvalue weighted by molar-refractivity contribution is 0.673. The van der Waals surface area contributed by atoms with Gasteiger partial charge in [0.25, 0.3) is 0 Å². The Morgan fingerprint density at radius 2 is 1.67 bits per heavy atom. The van der Waals surface area contributed by atoms with Crippen molar-refractivity contribution in [3.63, 3.8) is 0 Å². The van der Waals surface area contributed by atoms with Crippen LogP contribution >= 0.6 is 0 Å². The average molecular weight is 282 g/mol. The van der Waals surface area contributed by atoms with Crippen molar-refractivity contribution in [3.05, 3.63) is 65.7 Å². The van der Waals surface area contributed by atoms with Crippen molar-refractivity contribution < 1.29 is 0 Å². The van der Waals surface area contributed by atoms with Crippen molar-refractivity contribution >= 4 is 5.69 Å². The van der Waals surface area contributed by atoms with E-state index in [1.807, 2.05) is 0 Å². The molecule has 2 heteroatoms. The van der Waals surface area contributed by atoms with E-state index in [9.17, 15) is 0 Å². The molecule has 0 aliphatic rings. The molecule has 0 saturated heterocycles. The molecule has 1 N–H and O–H groups in total. The minimum Gasteiger partial charge on any atom is -0.374 e. The predicted molar refractivity (Wildman–Crippen MR) is 91.9 cm³/mol. The summed E-state index contributed by atoms with van der Waals surface area (Å²) >= 11 is 0. The summed E-state index contributed by atoms with van der Waals surface area (Å²) in [5.41, 5.74) is 4.10. The molecular formula is C19H26N2. The summed E-state index contributed by atoms with van der Waals surface area (Å²) in [5.74, 6) is 0. The maximum absolute atomic E-state index is 3.49. The van der Waals surface area contributed by atoms with Gasteiger partial charge in [-0.2, -0.15) is 0 Å². The third-order valence-corrected chi connectivity index (χ3v) is 3.72. The standard InChI is InChI=1S/C19H26N2/c1-3-14-20-16-18-11-7-8-12-19(18)21(2)15-13-17-9-5-4-6-10-17/h4-12,20H,3,13-16H2,1-2H3. The first-order chi connectivity index (χ1) is 10.3. The van der Waals surface area contributed by atoms with Gasteiger partial charge in [0.1, 0.15) is 0 Å². The molecule has 0 amide bonds. The molecule has 0 spiro atoms. The Labute approximate surface area is 128 Å². The van der Waals surface area contributed by atoms with E-state index in [-0.39, 0.29) is 0 Å². The molecule has 21 heavy (non-hydrogen) atoms. The molecule has 2 rings (SSSR count). The van der Waals surface area contributed by atoms with Gasteiger partial charge in [0, 0.05) is 25.8 Å². The highest BCUT2D eigenvalue weighted by Crippen LogP contribution is 2.19. The molecule has 112 valence electrons. The van der Waals surface area contributed by atoms with E-state index in [1.165, 1.54) is 23.2 Å². The van der Waals surface area contributed by atoms with Gasteiger partial charge in [0.2, 0.25) is 0 Å². The number of hydrogen-bond donors (Lipinski definition) is 1. The van der Waals surface area contributed by atoms with Gasteiger partial charge >= 0.3 is 0 Å². The van der Waals surface area contributed by atoms with Crippen LogP contribution in [0, 0.1) is 0 Å². The maximum Gasteiger partial charge on any atom is 0.0409 e. The summed E-state index contributed by atoms with van der Waals surface area (Å²) in [7, 11) is 2.18. The van der Waals surface area contributed by atoms with E-state index in [1.54, 1.807) is 0 Å². The summed E-state index contributed by atoms with van der Waals surface area (Å²) in [6, 6.07) is 19.4. The lowest BCUT2D eigenvalue weighted by Gasteiger charge is -2.23. The molecule has 0 saturated carbocycles. The quantitative estimate of drug-likeness (QED) is 0.740. The highest BCUT2D eigenvalue weighted by Gasteiger charge is 2.06. The maximum atomic E-state index is 3.49. The molecule has 0 radical (unpaired) electrons. The van der Waals surface area contributed by atoms with Gasteiger partial charge in [-0.1, -0.05) is 55.5 Å². The number of para-hydroxylation sites is 1. The molecule has 0 aliphatic heterocycles. The summed E-state index contributed by atoms with van der Waals surface area (Å²) < 4.78 is 0. The first-order valence-corrected chi connectivity index (χ1v) is 7.85. The lowest BCUT2D eigenvalue weighted by atomic mass is 10.1. The molecule has 0 heterocycles. The Bertz CT molecular complexity index is 522. The fraction of sp³-hybridized carbons (Fsp3) is 0.368. The molecular weight excluding hydrogens is 256 g/mol. The van der Waals surface area contributed by atoms with E-state index in [4.69, 9.17) is 0 Å². The van der Waals surface area contributed by atoms with E-state index in [0.717, 1.165) is 26.1 Å². The normalized spacial score (nSPS) is 10.6. The summed E-state index contributed by atoms with van der Waals surface area (Å²) in [5, 5.41) is 3.49. The van der Waals surface area contributed by atoms with Crippen molar-refractivity contribution in [2.75, 3.05) is 25.0 Å². The largest absolute Gasteiger partial charge is 0.374 e. The average Bonchev–Trinajstić information content (AvgIpc) is 2.54. The molecule has 0 bridgehead atoms. The van der Waals surface area contributed by atoms with Gasteiger partial charge in [-0.05, 0) is 36.6 Å². The fourth-order valence-corrected chi connectivity index (χ4v) is 2.49. The number of hydrogen-bond acceptors (Lipinski definition) is 2. The van der Waals surface area contributed by atoms with Crippen LogP contribution < -0.4 is 10.2 Å². The van der Waals surface area contributed by atoms with E-state index in [2.05, 4.69) is 78.8 Å². The van der Waals surface area contributed by atoms with Gasteiger partial charge in [0.15, 0.2) is 0 Å². The topological polar surface area (TPSA) is 15.3 Å². The van der Waals surface area contributed by atoms with Crippen LogP contribution in [-0.2, 0) is 13.0 Å². The number of benzene rings is 2. The summed E-state index contributed by atoms with van der Waals surface area (Å²) in [6.45, 7) is 5.25. The van der Waals surface area contributed by atoms with Gasteiger partial charge in [0.05, 0.1) is 0 Å². The van der Waals surface area contributed by atoms with Gasteiger partial charge in [-0.15, -0.1) is 0 Å². The molecule has 2 aromatic carbocycles. The van der Waals surface area contributed by atoms with Crippen molar-refractivity contribution in [2.45, 2.75) is 26.3 Å². The third kappa shape index (κ3) is 4.91. The second-order valence-electron chi connectivity index (χ2n) is 5.46. The highest BCUT2D eigenvalue weighted by molar-refractivity contribution is 5.53. The molecule has 0 unspecified atom stereocenters. The van der Waals surface area contributed by atoms with Crippen LogP contribution in [0.25, 0.3) is 0 Å². The van der Waals surface area contributed by atoms with Crippen LogP contribution in [0.3, 0.4) is 0 Å². The van der Waals surface area contributed by atoms with E-state index >= 15 is 0 Å². The zero-order valence-electron chi connectivity index (χ0n) is 13.2. The van der Waals surface area contributed by atoms with Crippen LogP contribution in [0.2, 0.25) is 0 Å². The SMILES string of the molecule is CCCNCc1ccccc1N(C)CCc1ccccc1. The minimum absolute atomic E-state index is 0.944. The number of likely N-dealkylation sites (N-methyl/N-ethyl adjacent to an activating group) is 1. The van der Waals surface area contributed by atoms with Crippen LogP contribution in [0.1, 0.15) is 24.5 Å². The molecule has 2 aromatic rings. The van der Waals surface area contributed by atoms with Gasteiger partial charge < -0.3 is 10.2 Å². The van der Waals surface area contributed by atoms with Gasteiger partial charge in [-0.3, -0.25) is 0 Å². The van der Waals surface area contributed by atoms with Gasteiger partial charge in [-0.25, -0.2) is 0 Å². The van der Waals surface area contributed by atoms with Crippen molar-refractivity contribution in [3.8, 4) is 0 Å². The van der Waals surface area contributed by atoms with Crippen LogP contribution in [-0.4, -0.2) is 20.1 Å². The Morgan fingerprint density at radius 3 is 2.43 bits per heavy atom. The minimum atomic E-state index is 0.944. The Kier molecular flexibility index (Phi) is 6.29.